The summed E-state index contributed by atoms with van der Waals surface area (Å²) in [5, 5.41) is 10.1. The quantitative estimate of drug-likeness (QED) is 0.626. The summed E-state index contributed by atoms with van der Waals surface area (Å²) in [6, 6.07) is -0.988. The third-order valence-electron chi connectivity index (χ3n) is 3.44. The Kier molecular flexibility index (Phi) is 4.22. The van der Waals surface area contributed by atoms with Crippen LogP contribution in [0.2, 0.25) is 0 Å². The molecule has 10 nitrogen and oxygen atoms in total. The molecule has 0 saturated carbocycles. The van der Waals surface area contributed by atoms with Crippen LogP contribution in [0, 0.1) is 0 Å². The molecular formula is C12H17N3O7. The number of fused-ring (bicyclic) bond motifs is 1. The zero-order valence-electron chi connectivity index (χ0n) is 12.4. The molecule has 0 aromatic carbocycles. The van der Waals surface area contributed by atoms with Crippen LogP contribution in [-0.4, -0.2) is 49.8 Å². The third kappa shape index (κ3) is 2.69. The molecule has 1 aliphatic rings. The Hall–Kier alpha value is -2.36. The van der Waals surface area contributed by atoms with Gasteiger partial charge < -0.3 is 14.6 Å². The van der Waals surface area contributed by atoms with Gasteiger partial charge in [0.05, 0.1) is 6.54 Å². The van der Waals surface area contributed by atoms with Crippen LogP contribution in [0.5, 0.6) is 0 Å². The number of ether oxygens (including phenoxy) is 2. The summed E-state index contributed by atoms with van der Waals surface area (Å²) in [4.78, 5) is 46.4. The first-order valence-electron chi connectivity index (χ1n) is 6.61. The summed E-state index contributed by atoms with van der Waals surface area (Å²) < 4.78 is 12.9. The van der Waals surface area contributed by atoms with E-state index in [-0.39, 0.29) is 13.2 Å². The van der Waals surface area contributed by atoms with Gasteiger partial charge in [-0.25, -0.2) is 23.5 Å². The fraction of sp³-hybridized carbons (Fsp3) is 0.667. The Bertz CT molecular complexity index is 713. The molecule has 2 rings (SSSR count). The fourth-order valence-corrected chi connectivity index (χ4v) is 2.48. The Morgan fingerprint density at radius 2 is 1.86 bits per heavy atom. The second-order valence-electron chi connectivity index (χ2n) is 5.06. The molecule has 3 atom stereocenters. The predicted octanol–water partition coefficient (Wildman–Crippen LogP) is -2.24. The highest BCUT2D eigenvalue weighted by atomic mass is 16.6. The number of carbonyl (C=O) groups excluding carboxylic acids is 2. The van der Waals surface area contributed by atoms with Gasteiger partial charge in [-0.05, 0) is 0 Å². The molecule has 0 unspecified atom stereocenters. The molecule has 0 aliphatic carbocycles. The molecule has 0 bridgehead atoms. The van der Waals surface area contributed by atoms with E-state index in [4.69, 9.17) is 9.47 Å². The van der Waals surface area contributed by atoms with Crippen molar-refractivity contribution in [3.05, 3.63) is 21.0 Å². The van der Waals surface area contributed by atoms with E-state index in [0.29, 0.717) is 0 Å². The van der Waals surface area contributed by atoms with Gasteiger partial charge in [-0.2, -0.15) is 0 Å². The minimum atomic E-state index is -1.20. The van der Waals surface area contributed by atoms with Gasteiger partial charge >= 0.3 is 23.3 Å². The molecule has 0 fully saturated rings. The van der Waals surface area contributed by atoms with Gasteiger partial charge in [0.25, 0.3) is 0 Å². The molecule has 1 N–H and O–H groups in total. The minimum absolute atomic E-state index is 0.205. The third-order valence-corrected chi connectivity index (χ3v) is 3.44. The van der Waals surface area contributed by atoms with E-state index < -0.39 is 41.6 Å². The van der Waals surface area contributed by atoms with Crippen LogP contribution in [0.3, 0.4) is 0 Å². The van der Waals surface area contributed by atoms with E-state index >= 15 is 0 Å². The van der Waals surface area contributed by atoms with Crippen molar-refractivity contribution >= 4 is 11.9 Å². The lowest BCUT2D eigenvalue weighted by molar-refractivity contribution is -0.166. The highest BCUT2D eigenvalue weighted by Crippen LogP contribution is 2.22. The standard InChI is InChI=1S/C12H17N3O7/c1-6(16)21-5-8-10(22-7(2)17)9(18)4-14-11(19)13(3)12(20)15(8)14/h8-10,18H,4-5H2,1-3H3/t8-,9-,10+/m1/s1. The first-order valence-corrected chi connectivity index (χ1v) is 6.61. The number of aliphatic hydroxyl groups is 1. The average Bonchev–Trinajstić information content (AvgIpc) is 2.63. The smallest absolute Gasteiger partial charge is 0.347 e. The summed E-state index contributed by atoms with van der Waals surface area (Å²) >= 11 is 0. The molecule has 0 amide bonds. The Labute approximate surface area is 124 Å². The normalized spacial score (nSPS) is 23.7. The van der Waals surface area contributed by atoms with E-state index in [1.54, 1.807) is 0 Å². The lowest BCUT2D eigenvalue weighted by Crippen LogP contribution is -2.53. The van der Waals surface area contributed by atoms with Gasteiger partial charge in [0.15, 0.2) is 6.10 Å². The first-order chi connectivity index (χ1) is 10.2. The van der Waals surface area contributed by atoms with E-state index in [1.807, 2.05) is 0 Å². The molecule has 10 heteroatoms. The van der Waals surface area contributed by atoms with Gasteiger partial charge in [-0.3, -0.25) is 9.59 Å². The average molecular weight is 315 g/mol. The predicted molar refractivity (Wildman–Crippen MR) is 71.2 cm³/mol. The Morgan fingerprint density at radius 3 is 2.41 bits per heavy atom. The van der Waals surface area contributed by atoms with Crippen molar-refractivity contribution in [2.75, 3.05) is 6.61 Å². The SMILES string of the molecule is CC(=O)OC[C@@H]1[C@H](OC(C)=O)[C@H](O)Cn2c(=O)n(C)c(=O)n21. The fourth-order valence-electron chi connectivity index (χ4n) is 2.48. The maximum Gasteiger partial charge on any atom is 0.347 e. The van der Waals surface area contributed by atoms with Crippen molar-refractivity contribution in [1.29, 1.82) is 0 Å². The second-order valence-corrected chi connectivity index (χ2v) is 5.06. The highest BCUT2D eigenvalue weighted by molar-refractivity contribution is 5.66. The summed E-state index contributed by atoms with van der Waals surface area (Å²) in [6.45, 7) is 1.82. The van der Waals surface area contributed by atoms with Gasteiger partial charge in [-0.15, -0.1) is 0 Å². The number of nitrogens with zero attached hydrogens (tertiary/aromatic N) is 3. The first kappa shape index (κ1) is 16.0. The molecule has 1 aliphatic heterocycles. The summed E-state index contributed by atoms with van der Waals surface area (Å²) in [6.07, 6.45) is -2.31. The van der Waals surface area contributed by atoms with E-state index in [1.165, 1.54) is 14.0 Å². The van der Waals surface area contributed by atoms with Crippen LogP contribution in [0.25, 0.3) is 0 Å². The van der Waals surface area contributed by atoms with Crippen LogP contribution in [0.15, 0.2) is 9.59 Å². The van der Waals surface area contributed by atoms with Crippen LogP contribution in [-0.2, 0) is 32.7 Å². The van der Waals surface area contributed by atoms with Gasteiger partial charge in [0, 0.05) is 20.9 Å². The minimum Gasteiger partial charge on any atom is -0.463 e. The topological polar surface area (TPSA) is 122 Å². The van der Waals surface area contributed by atoms with Crippen molar-refractivity contribution < 1.29 is 24.2 Å². The molecule has 0 saturated heterocycles. The zero-order valence-corrected chi connectivity index (χ0v) is 12.4. The van der Waals surface area contributed by atoms with E-state index in [2.05, 4.69) is 0 Å². The molecule has 0 radical (unpaired) electrons. The Morgan fingerprint density at radius 1 is 1.23 bits per heavy atom. The molecule has 2 heterocycles. The monoisotopic (exact) mass is 315 g/mol. The summed E-state index contributed by atoms with van der Waals surface area (Å²) in [5.74, 6) is -1.25. The number of rotatable bonds is 3. The van der Waals surface area contributed by atoms with Crippen molar-refractivity contribution in [3.8, 4) is 0 Å². The Balaban J connectivity index is 2.52. The summed E-state index contributed by atoms with van der Waals surface area (Å²) in [7, 11) is 1.29. The maximum atomic E-state index is 12.2. The van der Waals surface area contributed by atoms with Gasteiger partial charge in [0.2, 0.25) is 0 Å². The molecule has 0 spiro atoms. The van der Waals surface area contributed by atoms with Crippen LogP contribution in [0.4, 0.5) is 0 Å². The number of carbonyl (C=O) groups is 2. The number of aliphatic hydroxyl groups excluding tert-OH is 1. The molecule has 122 valence electrons. The number of esters is 2. The largest absolute Gasteiger partial charge is 0.463 e. The van der Waals surface area contributed by atoms with Crippen LogP contribution in [0.1, 0.15) is 19.9 Å². The number of aromatic nitrogens is 3. The highest BCUT2D eigenvalue weighted by Gasteiger charge is 2.41. The molecular weight excluding hydrogens is 298 g/mol. The van der Waals surface area contributed by atoms with Gasteiger partial charge in [-0.1, -0.05) is 0 Å². The zero-order chi connectivity index (χ0) is 16.6. The van der Waals surface area contributed by atoms with Gasteiger partial charge in [0.1, 0.15) is 18.8 Å². The lowest BCUT2D eigenvalue weighted by atomic mass is 10.0. The second kappa shape index (κ2) is 5.79. The van der Waals surface area contributed by atoms with E-state index in [9.17, 15) is 24.3 Å². The van der Waals surface area contributed by atoms with E-state index in [0.717, 1.165) is 20.9 Å². The van der Waals surface area contributed by atoms with Crippen molar-refractivity contribution in [3.63, 3.8) is 0 Å². The lowest BCUT2D eigenvalue weighted by Gasteiger charge is -2.35. The maximum absolute atomic E-state index is 12.2. The molecule has 1 aromatic heterocycles. The number of hydrogen-bond donors (Lipinski definition) is 1. The molecule has 22 heavy (non-hydrogen) atoms. The van der Waals surface area contributed by atoms with Crippen molar-refractivity contribution in [1.82, 2.24) is 13.9 Å². The summed E-state index contributed by atoms with van der Waals surface area (Å²) in [5.41, 5.74) is -1.26. The van der Waals surface area contributed by atoms with Crippen LogP contribution < -0.4 is 11.4 Å². The molecule has 1 aromatic rings. The van der Waals surface area contributed by atoms with Crippen molar-refractivity contribution in [2.24, 2.45) is 7.05 Å². The van der Waals surface area contributed by atoms with Crippen molar-refractivity contribution in [2.45, 2.75) is 38.6 Å². The van der Waals surface area contributed by atoms with Crippen LogP contribution >= 0.6 is 0 Å². The number of hydrogen-bond acceptors (Lipinski definition) is 7.